The molecule has 3 heteroatoms. The van der Waals surface area contributed by atoms with Crippen LogP contribution in [0.3, 0.4) is 0 Å². The molecule has 2 rings (SSSR count). The number of amides is 1. The molecule has 1 aromatic heterocycles. The summed E-state index contributed by atoms with van der Waals surface area (Å²) in [6, 6.07) is 1.91. The largest absolute Gasteiger partial charge is 0.362 e. The van der Waals surface area contributed by atoms with Crippen LogP contribution in [0.25, 0.3) is 0 Å². The van der Waals surface area contributed by atoms with Gasteiger partial charge < -0.3 is 10.3 Å². The minimum absolute atomic E-state index is 0.0354. The van der Waals surface area contributed by atoms with Gasteiger partial charge in [-0.05, 0) is 52.0 Å². The fourth-order valence-corrected chi connectivity index (χ4v) is 2.52. The number of nitrogens with one attached hydrogen (secondary N) is 2. The summed E-state index contributed by atoms with van der Waals surface area (Å²) >= 11 is 0. The van der Waals surface area contributed by atoms with Gasteiger partial charge in [0.2, 0.25) is 0 Å². The van der Waals surface area contributed by atoms with E-state index >= 15 is 0 Å². The number of rotatable bonds is 4. The number of allylic oxidation sites excluding steroid dienone is 1. The Hall–Kier alpha value is -1.51. The Labute approximate surface area is 109 Å². The molecule has 1 aliphatic carbocycles. The van der Waals surface area contributed by atoms with E-state index in [1.165, 1.54) is 31.3 Å². The van der Waals surface area contributed by atoms with Gasteiger partial charge in [-0.1, -0.05) is 11.6 Å². The number of carbonyl (C=O) groups excluding carboxylic acids is 1. The van der Waals surface area contributed by atoms with Crippen molar-refractivity contribution in [3.63, 3.8) is 0 Å². The van der Waals surface area contributed by atoms with E-state index in [4.69, 9.17) is 0 Å². The molecular weight excluding hydrogens is 224 g/mol. The maximum atomic E-state index is 12.0. The van der Waals surface area contributed by atoms with Crippen LogP contribution >= 0.6 is 0 Å². The second-order valence-electron chi connectivity index (χ2n) is 5.11. The first kappa shape index (κ1) is 12.9. The Balaban J connectivity index is 1.81. The Bertz CT molecular complexity index is 457. The minimum atomic E-state index is 0.0354. The molecule has 3 nitrogen and oxygen atoms in total. The number of aromatic amines is 1. The third-order valence-corrected chi connectivity index (χ3v) is 3.51. The van der Waals surface area contributed by atoms with Crippen LogP contribution < -0.4 is 5.32 Å². The zero-order valence-electron chi connectivity index (χ0n) is 11.3. The molecule has 0 radical (unpaired) electrons. The molecular formula is C15H22N2O. The summed E-state index contributed by atoms with van der Waals surface area (Å²) in [5.41, 5.74) is 4.25. The number of aromatic nitrogens is 1. The van der Waals surface area contributed by atoms with Crippen LogP contribution in [0, 0.1) is 13.8 Å². The lowest BCUT2D eigenvalue weighted by molar-refractivity contribution is 0.0953. The molecule has 18 heavy (non-hydrogen) atoms. The maximum Gasteiger partial charge on any atom is 0.253 e. The smallest absolute Gasteiger partial charge is 0.253 e. The highest BCUT2D eigenvalue weighted by Gasteiger charge is 2.11. The standard InChI is InChI=1S/C15H22N2O/c1-11-10-14(12(2)17-11)15(18)16-9-8-13-6-4-3-5-7-13/h6,10,17H,3-5,7-9H2,1-2H3,(H,16,18). The van der Waals surface area contributed by atoms with Crippen molar-refractivity contribution in [2.75, 3.05) is 6.54 Å². The van der Waals surface area contributed by atoms with Crippen LogP contribution in [0.2, 0.25) is 0 Å². The normalized spacial score (nSPS) is 15.3. The van der Waals surface area contributed by atoms with Crippen molar-refractivity contribution in [2.45, 2.75) is 46.0 Å². The van der Waals surface area contributed by atoms with E-state index < -0.39 is 0 Å². The first-order chi connectivity index (χ1) is 8.66. The fraction of sp³-hybridized carbons (Fsp3) is 0.533. The molecule has 0 spiro atoms. The summed E-state index contributed by atoms with van der Waals surface area (Å²) in [5.74, 6) is 0.0354. The Kier molecular flexibility index (Phi) is 4.24. The van der Waals surface area contributed by atoms with Gasteiger partial charge >= 0.3 is 0 Å². The predicted octanol–water partition coefficient (Wildman–Crippen LogP) is 3.25. The third kappa shape index (κ3) is 3.25. The van der Waals surface area contributed by atoms with E-state index in [1.54, 1.807) is 0 Å². The van der Waals surface area contributed by atoms with E-state index in [2.05, 4.69) is 16.4 Å². The summed E-state index contributed by atoms with van der Waals surface area (Å²) < 4.78 is 0. The van der Waals surface area contributed by atoms with E-state index in [-0.39, 0.29) is 5.91 Å². The van der Waals surface area contributed by atoms with Crippen molar-refractivity contribution < 1.29 is 4.79 Å². The zero-order chi connectivity index (χ0) is 13.0. The number of hydrogen-bond acceptors (Lipinski definition) is 1. The third-order valence-electron chi connectivity index (χ3n) is 3.51. The van der Waals surface area contributed by atoms with E-state index in [0.29, 0.717) is 0 Å². The second-order valence-corrected chi connectivity index (χ2v) is 5.11. The van der Waals surface area contributed by atoms with E-state index in [0.717, 1.165) is 29.9 Å². The maximum absolute atomic E-state index is 12.0. The average molecular weight is 246 g/mol. The van der Waals surface area contributed by atoms with E-state index in [1.807, 2.05) is 19.9 Å². The van der Waals surface area contributed by atoms with Crippen LogP contribution in [-0.2, 0) is 0 Å². The molecule has 1 heterocycles. The fourth-order valence-electron chi connectivity index (χ4n) is 2.52. The summed E-state index contributed by atoms with van der Waals surface area (Å²) in [6.45, 7) is 4.65. The Morgan fingerprint density at radius 1 is 1.39 bits per heavy atom. The highest BCUT2D eigenvalue weighted by atomic mass is 16.1. The minimum Gasteiger partial charge on any atom is -0.362 e. The summed E-state index contributed by atoms with van der Waals surface area (Å²) in [4.78, 5) is 15.1. The Morgan fingerprint density at radius 2 is 2.22 bits per heavy atom. The van der Waals surface area contributed by atoms with E-state index in [9.17, 15) is 4.79 Å². The molecule has 0 unspecified atom stereocenters. The van der Waals surface area contributed by atoms with Crippen LogP contribution in [0.5, 0.6) is 0 Å². The van der Waals surface area contributed by atoms with Crippen LogP contribution in [-0.4, -0.2) is 17.4 Å². The van der Waals surface area contributed by atoms with Gasteiger partial charge in [0.15, 0.2) is 0 Å². The van der Waals surface area contributed by atoms with Gasteiger partial charge in [-0.25, -0.2) is 0 Å². The predicted molar refractivity (Wildman–Crippen MR) is 73.8 cm³/mol. The van der Waals surface area contributed by atoms with Gasteiger partial charge in [0.25, 0.3) is 5.91 Å². The molecule has 1 aliphatic rings. The lowest BCUT2D eigenvalue weighted by Gasteiger charge is -2.12. The van der Waals surface area contributed by atoms with Gasteiger partial charge in [0.05, 0.1) is 5.56 Å². The molecule has 1 aromatic rings. The highest BCUT2D eigenvalue weighted by molar-refractivity contribution is 5.95. The number of hydrogen-bond donors (Lipinski definition) is 2. The molecule has 0 aliphatic heterocycles. The van der Waals surface area contributed by atoms with Crippen molar-refractivity contribution in [1.29, 1.82) is 0 Å². The van der Waals surface area contributed by atoms with Gasteiger partial charge in [-0.15, -0.1) is 0 Å². The van der Waals surface area contributed by atoms with Crippen molar-refractivity contribution in [3.8, 4) is 0 Å². The molecule has 0 saturated carbocycles. The Morgan fingerprint density at radius 3 is 2.83 bits per heavy atom. The number of aryl methyl sites for hydroxylation is 2. The summed E-state index contributed by atoms with van der Waals surface area (Å²) in [7, 11) is 0. The number of H-pyrrole nitrogens is 1. The lowest BCUT2D eigenvalue weighted by Crippen LogP contribution is -2.25. The first-order valence-electron chi connectivity index (χ1n) is 6.79. The van der Waals surface area contributed by atoms with Crippen molar-refractivity contribution >= 4 is 5.91 Å². The topological polar surface area (TPSA) is 44.9 Å². The van der Waals surface area contributed by atoms with Crippen molar-refractivity contribution in [2.24, 2.45) is 0 Å². The quantitative estimate of drug-likeness (QED) is 0.787. The van der Waals surface area contributed by atoms with Crippen LogP contribution in [0.4, 0.5) is 0 Å². The van der Waals surface area contributed by atoms with Crippen molar-refractivity contribution in [3.05, 3.63) is 34.7 Å². The zero-order valence-corrected chi connectivity index (χ0v) is 11.3. The van der Waals surface area contributed by atoms with Crippen LogP contribution in [0.15, 0.2) is 17.7 Å². The van der Waals surface area contributed by atoms with Crippen LogP contribution in [0.1, 0.15) is 53.8 Å². The van der Waals surface area contributed by atoms with Gasteiger partial charge in [-0.2, -0.15) is 0 Å². The molecule has 0 atom stereocenters. The molecule has 0 aromatic carbocycles. The molecule has 98 valence electrons. The first-order valence-corrected chi connectivity index (χ1v) is 6.79. The molecule has 1 amide bonds. The monoisotopic (exact) mass is 246 g/mol. The summed E-state index contributed by atoms with van der Waals surface area (Å²) in [5, 5.41) is 3.00. The number of carbonyl (C=O) groups is 1. The molecule has 0 bridgehead atoms. The average Bonchev–Trinajstić information content (AvgIpc) is 2.70. The second kappa shape index (κ2) is 5.89. The summed E-state index contributed by atoms with van der Waals surface area (Å²) in [6.07, 6.45) is 8.36. The lowest BCUT2D eigenvalue weighted by atomic mass is 9.97. The molecule has 0 fully saturated rings. The van der Waals surface area contributed by atoms with Crippen molar-refractivity contribution in [1.82, 2.24) is 10.3 Å². The van der Waals surface area contributed by atoms with Gasteiger partial charge in [-0.3, -0.25) is 4.79 Å². The van der Waals surface area contributed by atoms with Gasteiger partial charge in [0, 0.05) is 17.9 Å². The van der Waals surface area contributed by atoms with Gasteiger partial charge in [0.1, 0.15) is 0 Å². The molecule has 2 N–H and O–H groups in total. The highest BCUT2D eigenvalue weighted by Crippen LogP contribution is 2.19. The molecule has 0 saturated heterocycles. The SMILES string of the molecule is Cc1cc(C(=O)NCCC2=CCCCC2)c(C)[nH]1.